The van der Waals surface area contributed by atoms with Gasteiger partial charge in [0.25, 0.3) is 25.2 Å². The van der Waals surface area contributed by atoms with Gasteiger partial charge in [0.15, 0.2) is 6.29 Å². The van der Waals surface area contributed by atoms with Crippen molar-refractivity contribution in [2.75, 3.05) is 81.9 Å². The van der Waals surface area contributed by atoms with Crippen molar-refractivity contribution in [2.24, 2.45) is 5.41 Å². The molecule has 2 spiro atoms. The monoisotopic (exact) mass is 1150 g/mol. The molecule has 2 unspecified atom stereocenters. The van der Waals surface area contributed by atoms with Gasteiger partial charge in [-0.05, 0) is 112 Å². The van der Waals surface area contributed by atoms with Gasteiger partial charge in [0.1, 0.15) is 0 Å². The van der Waals surface area contributed by atoms with Crippen LogP contribution in [-0.4, -0.2) is 173 Å². The molecule has 5 aliphatic heterocycles. The molecule has 79 heavy (non-hydrogen) atoms. The summed E-state index contributed by atoms with van der Waals surface area (Å²) < 4.78 is 179. The summed E-state index contributed by atoms with van der Waals surface area (Å²) in [6.07, 6.45) is -26.8. The minimum atomic E-state index is -5.75. The Balaban J connectivity index is 0.000000212. The Hall–Kier alpha value is -5.77. The van der Waals surface area contributed by atoms with E-state index in [1.54, 1.807) is 6.07 Å². The summed E-state index contributed by atoms with van der Waals surface area (Å²) in [6.45, 7) is 9.21. The summed E-state index contributed by atoms with van der Waals surface area (Å²) in [5.41, 5.74) is 5.40. The molecule has 0 radical (unpaired) electrons. The molecule has 28 heteroatoms. The molecule has 1 saturated carbocycles. The lowest BCUT2D eigenvalue weighted by Crippen LogP contribution is -2.54. The molecular weight excluding hydrogens is 1090 g/mol. The number of morpholine rings is 2. The zero-order valence-electron chi connectivity index (χ0n) is 43.3. The van der Waals surface area contributed by atoms with Gasteiger partial charge in [-0.1, -0.05) is 31.0 Å². The number of hydrogen-bond acceptors (Lipinski definition) is 14. The normalized spacial score (nSPS) is 21.7. The fraction of sp³-hybridized carbons (Fsp3) is 0.667. The number of piperidine rings is 2. The van der Waals surface area contributed by atoms with Crippen LogP contribution in [0.5, 0.6) is 0 Å². The van der Waals surface area contributed by atoms with Crippen LogP contribution in [-0.2, 0) is 44.6 Å². The van der Waals surface area contributed by atoms with Gasteiger partial charge in [-0.25, -0.2) is 9.59 Å². The maximum absolute atomic E-state index is 12.8. The van der Waals surface area contributed by atoms with Crippen molar-refractivity contribution >= 4 is 42.8 Å². The second-order valence-electron chi connectivity index (χ2n) is 20.4. The third-order valence-corrected chi connectivity index (χ3v) is 15.1. The molecule has 8 rings (SSSR count). The number of amides is 2. The van der Waals surface area contributed by atoms with E-state index in [1.807, 2.05) is 43.0 Å². The standard InChI is InChI=1S/C25H31F6N3O5.C13H17F6NO2.C13H15NO4/c1-17-3-4-18(19(13-17)33-11-12-37-20(15-33)38-16-35)14-34-8-2-5-23(34)6-9-32(10-7-23)22(36)39-21(24(26,27)28)25(29,30)31;14-12(15,16)9(13(17,18)19)22-10(21)20-7-5-11(6-8-20)3-1-2-4-11;1-10-2-3-11(8-15)12(6-10)14-4-5-17-13(7-14)18-9-16/h3-4,13,16,20-21H,2,5-12,14-15H2,1H3;9H,1-8H2;2-3,6,8-9,13H,4-5,7H2,1H3. The first kappa shape index (κ1) is 62.4. The summed E-state index contributed by atoms with van der Waals surface area (Å²) in [5.74, 6) is 0. The topological polar surface area (TPSA) is 157 Å². The number of ether oxygens (including phenoxy) is 6. The average molecular weight is 1150 g/mol. The summed E-state index contributed by atoms with van der Waals surface area (Å²) in [5, 5.41) is 0. The maximum atomic E-state index is 12.8. The van der Waals surface area contributed by atoms with Crippen LogP contribution in [0.2, 0.25) is 0 Å². The molecular formula is C51H63F12N5O11. The van der Waals surface area contributed by atoms with Crippen LogP contribution in [0.4, 0.5) is 73.6 Å². The number of likely N-dealkylation sites (tertiary alicyclic amines) is 3. The first-order valence-electron chi connectivity index (χ1n) is 25.6. The Morgan fingerprint density at radius 3 is 1.48 bits per heavy atom. The molecule has 0 N–H and O–H groups in total. The molecule has 16 nitrogen and oxygen atoms in total. The van der Waals surface area contributed by atoms with Crippen LogP contribution in [0.1, 0.15) is 91.3 Å². The number of anilines is 2. The lowest BCUT2D eigenvalue weighted by Gasteiger charge is -2.45. The minimum Gasteiger partial charge on any atom is -0.436 e. The van der Waals surface area contributed by atoms with E-state index < -0.39 is 61.7 Å². The molecule has 442 valence electrons. The second kappa shape index (κ2) is 26.2. The van der Waals surface area contributed by atoms with E-state index >= 15 is 0 Å². The molecule has 0 bridgehead atoms. The lowest BCUT2D eigenvalue weighted by atomic mass is 9.77. The second-order valence-corrected chi connectivity index (χ2v) is 20.4. The van der Waals surface area contributed by atoms with Crippen molar-refractivity contribution in [3.63, 3.8) is 0 Å². The first-order chi connectivity index (χ1) is 37.1. The Kier molecular flexibility index (Phi) is 20.7. The van der Waals surface area contributed by atoms with Crippen LogP contribution < -0.4 is 9.80 Å². The van der Waals surface area contributed by atoms with Crippen LogP contribution in [0, 0.1) is 19.3 Å². The zero-order chi connectivity index (χ0) is 58.0. The van der Waals surface area contributed by atoms with Crippen molar-refractivity contribution in [1.29, 1.82) is 0 Å². The summed E-state index contributed by atoms with van der Waals surface area (Å²) >= 11 is 0. The highest BCUT2D eigenvalue weighted by Gasteiger charge is 2.61. The summed E-state index contributed by atoms with van der Waals surface area (Å²) in [6, 6.07) is 11.7. The number of rotatable bonds is 11. The predicted molar refractivity (Wildman–Crippen MR) is 256 cm³/mol. The number of hydrogen-bond donors (Lipinski definition) is 0. The molecule has 2 atom stereocenters. The van der Waals surface area contributed by atoms with Crippen molar-refractivity contribution in [2.45, 2.75) is 140 Å². The number of halogens is 12. The van der Waals surface area contributed by atoms with Crippen LogP contribution >= 0.6 is 0 Å². The number of carbonyl (C=O) groups excluding carboxylic acids is 5. The number of aryl methyl sites for hydroxylation is 2. The van der Waals surface area contributed by atoms with Gasteiger partial charge in [0, 0.05) is 68.3 Å². The zero-order valence-corrected chi connectivity index (χ0v) is 43.3. The van der Waals surface area contributed by atoms with Gasteiger partial charge < -0.3 is 48.0 Å². The molecule has 2 amide bonds. The lowest BCUT2D eigenvalue weighted by molar-refractivity contribution is -0.309. The Morgan fingerprint density at radius 1 is 0.582 bits per heavy atom. The molecule has 2 aromatic carbocycles. The fourth-order valence-corrected chi connectivity index (χ4v) is 11.0. The summed E-state index contributed by atoms with van der Waals surface area (Å²) in [7, 11) is 0. The van der Waals surface area contributed by atoms with Crippen LogP contribution in [0.3, 0.4) is 0 Å². The van der Waals surface area contributed by atoms with Gasteiger partial charge in [-0.2, -0.15) is 52.7 Å². The number of nitrogens with zero attached hydrogens (tertiary/aromatic N) is 5. The summed E-state index contributed by atoms with van der Waals surface area (Å²) in [4.78, 5) is 64.2. The van der Waals surface area contributed by atoms with E-state index in [1.165, 1.54) is 0 Å². The van der Waals surface area contributed by atoms with Gasteiger partial charge in [0.05, 0.1) is 26.3 Å². The SMILES string of the molecule is Cc1ccc(C=O)c(N2CCOC(OC=O)C2)c1.Cc1ccc(CN2CCCC23CCN(C(=O)OC(C(F)(F)F)C(F)(F)F)CC3)c(N2CCOC(OC=O)C2)c1.O=C(OC(C(F)(F)F)C(F)(F)F)N1CCC2(CCCC2)CC1. The van der Waals surface area contributed by atoms with Crippen molar-refractivity contribution in [1.82, 2.24) is 14.7 Å². The van der Waals surface area contributed by atoms with E-state index in [-0.39, 0.29) is 37.1 Å². The smallest absolute Gasteiger partial charge is 0.434 e. The quantitative estimate of drug-likeness (QED) is 0.119. The van der Waals surface area contributed by atoms with Crippen LogP contribution in [0.25, 0.3) is 0 Å². The van der Waals surface area contributed by atoms with Crippen molar-refractivity contribution in [3.8, 4) is 0 Å². The number of aldehydes is 1. The molecule has 1 aliphatic carbocycles. The number of carbonyl (C=O) groups is 5. The molecule has 6 aliphatic rings. The third-order valence-electron chi connectivity index (χ3n) is 15.1. The largest absolute Gasteiger partial charge is 0.436 e. The van der Waals surface area contributed by atoms with Gasteiger partial charge in [-0.15, -0.1) is 0 Å². The molecule has 2 aromatic rings. The van der Waals surface area contributed by atoms with E-state index in [0.717, 1.165) is 89.2 Å². The predicted octanol–water partition coefficient (Wildman–Crippen LogP) is 9.81. The molecule has 5 heterocycles. The highest BCUT2D eigenvalue weighted by Crippen LogP contribution is 2.47. The first-order valence-corrected chi connectivity index (χ1v) is 25.6. The van der Waals surface area contributed by atoms with Crippen molar-refractivity contribution in [3.05, 3.63) is 58.7 Å². The van der Waals surface area contributed by atoms with Gasteiger partial charge in [0.2, 0.25) is 12.6 Å². The van der Waals surface area contributed by atoms with Crippen molar-refractivity contribution < 1.29 is 105 Å². The van der Waals surface area contributed by atoms with E-state index in [0.29, 0.717) is 90.1 Å². The van der Waals surface area contributed by atoms with Crippen LogP contribution in [0.15, 0.2) is 36.4 Å². The van der Waals surface area contributed by atoms with Gasteiger partial charge >= 0.3 is 36.9 Å². The fourth-order valence-electron chi connectivity index (χ4n) is 11.0. The number of alkyl halides is 12. The van der Waals surface area contributed by atoms with E-state index in [9.17, 15) is 76.7 Å². The maximum Gasteiger partial charge on any atom is 0.434 e. The Labute approximate surface area is 447 Å². The van der Waals surface area contributed by atoms with E-state index in [4.69, 9.17) is 18.9 Å². The molecule has 6 fully saturated rings. The highest BCUT2D eigenvalue weighted by atomic mass is 19.4. The average Bonchev–Trinajstić information content (AvgIpc) is 4.04. The third kappa shape index (κ3) is 16.7. The highest BCUT2D eigenvalue weighted by molar-refractivity contribution is 5.85. The number of benzene rings is 2. The van der Waals surface area contributed by atoms with Gasteiger partial charge in [-0.3, -0.25) is 19.3 Å². The van der Waals surface area contributed by atoms with E-state index in [2.05, 4.69) is 25.3 Å². The Morgan fingerprint density at radius 2 is 1.03 bits per heavy atom. The molecule has 5 saturated heterocycles. The molecule has 0 aromatic heterocycles. The Bertz CT molecular complexity index is 2340. The minimum absolute atomic E-state index is 0.00724.